The first kappa shape index (κ1) is 20.3. The fourth-order valence-corrected chi connectivity index (χ4v) is 5.31. The summed E-state index contributed by atoms with van der Waals surface area (Å²) in [7, 11) is -3.16. The zero-order valence-corrected chi connectivity index (χ0v) is 17.9. The Morgan fingerprint density at radius 3 is 2.24 bits per heavy atom. The summed E-state index contributed by atoms with van der Waals surface area (Å²) in [5.41, 5.74) is 0. The van der Waals surface area contributed by atoms with Gasteiger partial charge in [-0.1, -0.05) is 0 Å². The van der Waals surface area contributed by atoms with Gasteiger partial charge in [0.05, 0.1) is 6.26 Å². The molecule has 0 aliphatic carbocycles. The molecular formula is C19H30N6O3S. The average molecular weight is 423 g/mol. The van der Waals surface area contributed by atoms with Gasteiger partial charge in [0.25, 0.3) is 0 Å². The van der Waals surface area contributed by atoms with Crippen LogP contribution in [-0.4, -0.2) is 92.1 Å². The predicted octanol–water partition coefficient (Wildman–Crippen LogP) is 0.397. The second-order valence-corrected chi connectivity index (χ2v) is 10.1. The number of amides is 1. The average Bonchev–Trinajstić information content (AvgIpc) is 3.28. The first-order valence-electron chi connectivity index (χ1n) is 10.5. The molecule has 0 bridgehead atoms. The Hall–Kier alpha value is -1.94. The van der Waals surface area contributed by atoms with Crippen molar-refractivity contribution in [1.82, 2.24) is 19.2 Å². The van der Waals surface area contributed by atoms with Crippen molar-refractivity contribution < 1.29 is 13.2 Å². The van der Waals surface area contributed by atoms with Gasteiger partial charge in [-0.2, -0.15) is 4.98 Å². The third-order valence-electron chi connectivity index (χ3n) is 6.20. The van der Waals surface area contributed by atoms with Crippen LogP contribution in [0.1, 0.15) is 25.7 Å². The smallest absolute Gasteiger partial charge is 0.227 e. The Kier molecular flexibility index (Phi) is 5.91. The highest BCUT2D eigenvalue weighted by molar-refractivity contribution is 7.88. The first-order valence-corrected chi connectivity index (χ1v) is 12.3. The molecule has 0 saturated carbocycles. The summed E-state index contributed by atoms with van der Waals surface area (Å²) >= 11 is 0. The van der Waals surface area contributed by atoms with Crippen LogP contribution in [0.25, 0.3) is 0 Å². The van der Waals surface area contributed by atoms with Crippen molar-refractivity contribution in [1.29, 1.82) is 0 Å². The lowest BCUT2D eigenvalue weighted by Gasteiger charge is -2.38. The monoisotopic (exact) mass is 422 g/mol. The molecular weight excluding hydrogens is 392 g/mol. The SMILES string of the molecule is CS(=O)(=O)N1CCC(C(=O)N2CCN(c3ccnc(N4CCCC4)n3)CC2)CC1. The lowest BCUT2D eigenvalue weighted by molar-refractivity contribution is -0.137. The van der Waals surface area contributed by atoms with E-state index in [4.69, 9.17) is 4.98 Å². The van der Waals surface area contributed by atoms with Crippen molar-refractivity contribution in [2.45, 2.75) is 25.7 Å². The van der Waals surface area contributed by atoms with Crippen LogP contribution >= 0.6 is 0 Å². The maximum Gasteiger partial charge on any atom is 0.227 e. The summed E-state index contributed by atoms with van der Waals surface area (Å²) in [6.45, 7) is 5.77. The predicted molar refractivity (Wildman–Crippen MR) is 111 cm³/mol. The van der Waals surface area contributed by atoms with Crippen molar-refractivity contribution >= 4 is 27.7 Å². The molecule has 3 fully saturated rings. The Morgan fingerprint density at radius 1 is 0.966 bits per heavy atom. The van der Waals surface area contributed by atoms with Gasteiger partial charge in [0, 0.05) is 64.5 Å². The zero-order chi connectivity index (χ0) is 20.4. The molecule has 0 aromatic carbocycles. The van der Waals surface area contributed by atoms with Crippen LogP contribution in [0.5, 0.6) is 0 Å². The minimum absolute atomic E-state index is 0.0691. The van der Waals surface area contributed by atoms with Gasteiger partial charge >= 0.3 is 0 Å². The number of rotatable bonds is 4. The van der Waals surface area contributed by atoms with Gasteiger partial charge in [-0.3, -0.25) is 4.79 Å². The van der Waals surface area contributed by atoms with E-state index in [1.165, 1.54) is 23.4 Å². The van der Waals surface area contributed by atoms with Crippen molar-refractivity contribution in [2.24, 2.45) is 5.92 Å². The number of anilines is 2. The summed E-state index contributed by atoms with van der Waals surface area (Å²) < 4.78 is 24.8. The highest BCUT2D eigenvalue weighted by Gasteiger charge is 2.33. The molecule has 1 aromatic rings. The molecule has 1 aromatic heterocycles. The standard InChI is InChI=1S/C19H30N6O3S/c1-29(27,28)25-10-5-16(6-11-25)18(26)23-14-12-22(13-15-23)17-4-7-20-19(21-17)24-8-2-3-9-24/h4,7,16H,2-3,5-6,8-15H2,1H3. The number of hydrogen-bond donors (Lipinski definition) is 0. The van der Waals surface area contributed by atoms with Crippen LogP contribution in [0.3, 0.4) is 0 Å². The van der Waals surface area contributed by atoms with Crippen molar-refractivity contribution in [3.05, 3.63) is 12.3 Å². The largest absolute Gasteiger partial charge is 0.353 e. The topological polar surface area (TPSA) is 90.0 Å². The third kappa shape index (κ3) is 4.63. The molecule has 0 spiro atoms. The molecule has 3 aliphatic heterocycles. The summed E-state index contributed by atoms with van der Waals surface area (Å²) in [5.74, 6) is 1.82. The normalized spacial score (nSPS) is 22.3. The van der Waals surface area contributed by atoms with E-state index in [0.717, 1.165) is 37.9 Å². The van der Waals surface area contributed by atoms with Crippen LogP contribution in [-0.2, 0) is 14.8 Å². The second kappa shape index (κ2) is 8.43. The molecule has 4 heterocycles. The van der Waals surface area contributed by atoms with Gasteiger partial charge in [-0.05, 0) is 31.7 Å². The van der Waals surface area contributed by atoms with Crippen LogP contribution in [0, 0.1) is 5.92 Å². The molecule has 0 atom stereocenters. The van der Waals surface area contributed by atoms with Gasteiger partial charge in [0.1, 0.15) is 5.82 Å². The molecule has 3 saturated heterocycles. The molecule has 4 rings (SSSR count). The Morgan fingerprint density at radius 2 is 1.62 bits per heavy atom. The number of hydrogen-bond acceptors (Lipinski definition) is 7. The highest BCUT2D eigenvalue weighted by Crippen LogP contribution is 2.24. The minimum Gasteiger partial charge on any atom is -0.353 e. The number of nitrogens with zero attached hydrogens (tertiary/aromatic N) is 6. The number of carbonyl (C=O) groups excluding carboxylic acids is 1. The lowest BCUT2D eigenvalue weighted by Crippen LogP contribution is -2.52. The van der Waals surface area contributed by atoms with E-state index in [9.17, 15) is 13.2 Å². The minimum atomic E-state index is -3.16. The summed E-state index contributed by atoms with van der Waals surface area (Å²) in [4.78, 5) is 28.4. The number of sulfonamides is 1. The summed E-state index contributed by atoms with van der Waals surface area (Å²) in [6.07, 6.45) is 6.66. The van der Waals surface area contributed by atoms with Gasteiger partial charge < -0.3 is 14.7 Å². The molecule has 29 heavy (non-hydrogen) atoms. The van der Waals surface area contributed by atoms with Crippen molar-refractivity contribution in [3.63, 3.8) is 0 Å². The van der Waals surface area contributed by atoms with E-state index in [2.05, 4.69) is 14.8 Å². The fraction of sp³-hybridized carbons (Fsp3) is 0.737. The van der Waals surface area contributed by atoms with Gasteiger partial charge in [0.2, 0.25) is 21.9 Å². The van der Waals surface area contributed by atoms with Gasteiger partial charge in [-0.15, -0.1) is 0 Å². The molecule has 0 N–H and O–H groups in total. The Labute approximate surface area is 172 Å². The van der Waals surface area contributed by atoms with E-state index in [1.807, 2.05) is 17.2 Å². The van der Waals surface area contributed by atoms with Crippen molar-refractivity contribution in [2.75, 3.05) is 68.4 Å². The molecule has 3 aliphatic rings. The van der Waals surface area contributed by atoms with Crippen LogP contribution < -0.4 is 9.80 Å². The summed E-state index contributed by atoms with van der Waals surface area (Å²) in [5, 5.41) is 0. The van der Waals surface area contributed by atoms with E-state index in [0.29, 0.717) is 39.0 Å². The number of carbonyl (C=O) groups is 1. The number of piperazine rings is 1. The Balaban J connectivity index is 1.30. The van der Waals surface area contributed by atoms with Crippen molar-refractivity contribution in [3.8, 4) is 0 Å². The molecule has 1 amide bonds. The Bertz CT molecular complexity index is 826. The zero-order valence-electron chi connectivity index (χ0n) is 17.0. The van der Waals surface area contributed by atoms with Gasteiger partial charge in [-0.25, -0.2) is 17.7 Å². The molecule has 160 valence electrons. The van der Waals surface area contributed by atoms with E-state index in [1.54, 1.807) is 0 Å². The molecule has 0 unspecified atom stereocenters. The second-order valence-electron chi connectivity index (χ2n) is 8.16. The molecule has 10 heteroatoms. The maximum absolute atomic E-state index is 12.9. The maximum atomic E-state index is 12.9. The van der Waals surface area contributed by atoms with E-state index >= 15 is 0 Å². The van der Waals surface area contributed by atoms with E-state index in [-0.39, 0.29) is 11.8 Å². The summed E-state index contributed by atoms with van der Waals surface area (Å²) in [6, 6.07) is 1.94. The highest BCUT2D eigenvalue weighted by atomic mass is 32.2. The number of aromatic nitrogens is 2. The lowest BCUT2D eigenvalue weighted by atomic mass is 9.96. The fourth-order valence-electron chi connectivity index (χ4n) is 4.43. The molecule has 9 nitrogen and oxygen atoms in total. The van der Waals surface area contributed by atoms with Crippen LogP contribution in [0.2, 0.25) is 0 Å². The van der Waals surface area contributed by atoms with Crippen LogP contribution in [0.4, 0.5) is 11.8 Å². The van der Waals surface area contributed by atoms with Crippen LogP contribution in [0.15, 0.2) is 12.3 Å². The van der Waals surface area contributed by atoms with Gasteiger partial charge in [0.15, 0.2) is 0 Å². The van der Waals surface area contributed by atoms with E-state index < -0.39 is 10.0 Å². The molecule has 0 radical (unpaired) electrons. The third-order valence-corrected chi connectivity index (χ3v) is 7.51. The quantitative estimate of drug-likeness (QED) is 0.694. The number of piperidine rings is 1. The first-order chi connectivity index (χ1) is 13.9.